The van der Waals surface area contributed by atoms with E-state index in [4.69, 9.17) is 4.74 Å². The van der Waals surface area contributed by atoms with Gasteiger partial charge in [-0.25, -0.2) is 0 Å². The maximum Gasteiger partial charge on any atom is 0.419 e. The van der Waals surface area contributed by atoms with Gasteiger partial charge in [0.2, 0.25) is 0 Å². The minimum Gasteiger partial charge on any atom is -0.492 e. The average Bonchev–Trinajstić information content (AvgIpc) is 3.53. The summed E-state index contributed by atoms with van der Waals surface area (Å²) in [5, 5.41) is 9.67. The quantitative estimate of drug-likeness (QED) is 0.406. The van der Waals surface area contributed by atoms with Crippen LogP contribution in [-0.2, 0) is 17.1 Å². The molecule has 1 aliphatic rings. The number of hydrogen-bond acceptors (Lipinski definition) is 2. The molecule has 2 aromatic rings. The molecule has 1 saturated carbocycles. The fourth-order valence-electron chi connectivity index (χ4n) is 3.61. The molecule has 0 radical (unpaired) electrons. The number of hydrogen-bond donors (Lipinski definition) is 1. The van der Waals surface area contributed by atoms with Crippen molar-refractivity contribution in [3.05, 3.63) is 53.1 Å². The lowest BCUT2D eigenvalue weighted by Crippen LogP contribution is -2.17. The molecule has 0 aliphatic heterocycles. The summed E-state index contributed by atoms with van der Waals surface area (Å²) in [6.07, 6.45) is -7.71. The van der Waals surface area contributed by atoms with Gasteiger partial charge < -0.3 is 9.84 Å². The molecule has 9 heteroatoms. The van der Waals surface area contributed by atoms with Gasteiger partial charge in [0, 0.05) is 5.56 Å². The third-order valence-electron chi connectivity index (χ3n) is 5.51. The first-order chi connectivity index (χ1) is 15.3. The highest BCUT2D eigenvalue weighted by Gasteiger charge is 2.38. The summed E-state index contributed by atoms with van der Waals surface area (Å²) < 4.78 is 86.6. The molecule has 180 valence electrons. The molecule has 1 N–H and O–H groups in total. The lowest BCUT2D eigenvalue weighted by atomic mass is 9.86. The van der Waals surface area contributed by atoms with Crippen molar-refractivity contribution in [1.29, 1.82) is 0 Å². The van der Waals surface area contributed by atoms with Crippen LogP contribution in [0.2, 0.25) is 0 Å². The van der Waals surface area contributed by atoms with E-state index >= 15 is 0 Å². The fraction of sp³-hybridized carbons (Fsp3) is 0.458. The summed E-state index contributed by atoms with van der Waals surface area (Å²) in [6.45, 7) is 3.55. The zero-order chi connectivity index (χ0) is 24.6. The van der Waals surface area contributed by atoms with E-state index in [1.807, 2.05) is 0 Å². The van der Waals surface area contributed by atoms with E-state index in [2.05, 4.69) is 0 Å². The summed E-state index contributed by atoms with van der Waals surface area (Å²) in [5.41, 5.74) is -2.15. The Morgan fingerprint density at radius 2 is 1.64 bits per heavy atom. The van der Waals surface area contributed by atoms with Crippen LogP contribution in [0.3, 0.4) is 0 Å². The van der Waals surface area contributed by atoms with Gasteiger partial charge in [-0.05, 0) is 66.5 Å². The minimum absolute atomic E-state index is 0.0460. The molecule has 3 rings (SSSR count). The third-order valence-corrected chi connectivity index (χ3v) is 5.51. The number of carbonyl (C=O) groups is 1. The average molecular weight is 474 g/mol. The van der Waals surface area contributed by atoms with Crippen molar-refractivity contribution in [3.8, 4) is 16.9 Å². The molecule has 2 aromatic carbocycles. The molecule has 0 amide bonds. The third kappa shape index (κ3) is 6.21. The number of rotatable bonds is 8. The van der Waals surface area contributed by atoms with Gasteiger partial charge in [-0.1, -0.05) is 26.0 Å². The number of ether oxygens (including phenoxy) is 1. The van der Waals surface area contributed by atoms with Crippen molar-refractivity contribution in [1.82, 2.24) is 0 Å². The molecule has 0 heterocycles. The predicted molar refractivity (Wildman–Crippen MR) is 110 cm³/mol. The zero-order valence-electron chi connectivity index (χ0n) is 18.1. The van der Waals surface area contributed by atoms with E-state index < -0.39 is 41.1 Å². The Morgan fingerprint density at radius 3 is 2.09 bits per heavy atom. The molecule has 0 spiro atoms. The zero-order valence-corrected chi connectivity index (χ0v) is 18.1. The number of benzene rings is 2. The molecular formula is C24H24F6O3. The second-order valence-corrected chi connectivity index (χ2v) is 8.79. The number of carboxylic acid groups (broad SMARTS) is 1. The van der Waals surface area contributed by atoms with Crippen LogP contribution in [0.15, 0.2) is 36.4 Å². The Balaban J connectivity index is 2.20. The first-order valence-electron chi connectivity index (χ1n) is 10.6. The van der Waals surface area contributed by atoms with Crippen LogP contribution in [0, 0.1) is 11.8 Å². The molecule has 0 aromatic heterocycles. The highest BCUT2D eigenvalue weighted by molar-refractivity contribution is 5.80. The molecule has 3 nitrogen and oxygen atoms in total. The first kappa shape index (κ1) is 24.9. The van der Waals surface area contributed by atoms with Crippen LogP contribution in [0.25, 0.3) is 11.1 Å². The predicted octanol–water partition coefficient (Wildman–Crippen LogP) is 7.39. The van der Waals surface area contributed by atoms with Crippen LogP contribution < -0.4 is 4.74 Å². The highest BCUT2D eigenvalue weighted by atomic mass is 19.4. The maximum absolute atomic E-state index is 14.0. The fourth-order valence-corrected chi connectivity index (χ4v) is 3.61. The number of halogens is 6. The summed E-state index contributed by atoms with van der Waals surface area (Å²) >= 11 is 0. The van der Waals surface area contributed by atoms with E-state index in [-0.39, 0.29) is 41.6 Å². The van der Waals surface area contributed by atoms with Gasteiger partial charge in [-0.15, -0.1) is 0 Å². The Labute approximate surface area is 187 Å². The smallest absolute Gasteiger partial charge is 0.419 e. The van der Waals surface area contributed by atoms with Gasteiger partial charge in [0.25, 0.3) is 0 Å². The summed E-state index contributed by atoms with van der Waals surface area (Å²) in [6, 6.07) is 5.79. The van der Waals surface area contributed by atoms with Gasteiger partial charge >= 0.3 is 18.3 Å². The van der Waals surface area contributed by atoms with E-state index in [0.29, 0.717) is 0 Å². The van der Waals surface area contributed by atoms with Crippen LogP contribution in [0.4, 0.5) is 26.3 Å². The van der Waals surface area contributed by atoms with E-state index in [9.17, 15) is 36.2 Å². The molecule has 0 bridgehead atoms. The SMILES string of the molecule is CC(C)CC(C(=O)O)c1cc(-c2ccc(C(F)(F)F)cc2)c(OCC2CC2)c(C(F)(F)F)c1. The molecule has 1 atom stereocenters. The van der Waals surface area contributed by atoms with Crippen LogP contribution in [0.1, 0.15) is 55.7 Å². The van der Waals surface area contributed by atoms with E-state index in [0.717, 1.165) is 43.2 Å². The van der Waals surface area contributed by atoms with Crippen LogP contribution >= 0.6 is 0 Å². The normalized spacial score (nSPS) is 15.5. The maximum atomic E-state index is 14.0. The second kappa shape index (κ2) is 9.27. The molecule has 1 aliphatic carbocycles. The lowest BCUT2D eigenvalue weighted by molar-refractivity contribution is -0.141. The Morgan fingerprint density at radius 1 is 1.03 bits per heavy atom. The topological polar surface area (TPSA) is 46.5 Å². The van der Waals surface area contributed by atoms with Crippen molar-refractivity contribution < 1.29 is 41.0 Å². The van der Waals surface area contributed by atoms with Gasteiger partial charge in [0.15, 0.2) is 0 Å². The van der Waals surface area contributed by atoms with Crippen molar-refractivity contribution >= 4 is 5.97 Å². The summed E-state index contributed by atoms with van der Waals surface area (Å²) in [7, 11) is 0. The standard InChI is InChI=1S/C24H24F6O3/c1-13(2)9-19(22(31)32)16-10-18(15-5-7-17(8-6-15)23(25,26)27)21(33-12-14-3-4-14)20(11-16)24(28,29)30/h5-8,10-11,13-14,19H,3-4,9,12H2,1-2H3,(H,31,32). The van der Waals surface area contributed by atoms with Crippen LogP contribution in [0.5, 0.6) is 5.75 Å². The summed E-state index contributed by atoms with van der Waals surface area (Å²) in [4.78, 5) is 11.9. The van der Waals surface area contributed by atoms with Crippen molar-refractivity contribution in [2.75, 3.05) is 6.61 Å². The number of aliphatic carboxylic acids is 1. The first-order valence-corrected chi connectivity index (χ1v) is 10.6. The van der Waals surface area contributed by atoms with Gasteiger partial charge in [0.05, 0.1) is 23.7 Å². The largest absolute Gasteiger partial charge is 0.492 e. The van der Waals surface area contributed by atoms with E-state index in [1.165, 1.54) is 6.07 Å². The highest BCUT2D eigenvalue weighted by Crippen LogP contribution is 2.46. The van der Waals surface area contributed by atoms with Crippen molar-refractivity contribution in [2.24, 2.45) is 11.8 Å². The number of alkyl halides is 6. The Bertz CT molecular complexity index is 989. The van der Waals surface area contributed by atoms with Crippen molar-refractivity contribution in [2.45, 2.75) is 51.4 Å². The number of carboxylic acids is 1. The monoisotopic (exact) mass is 474 g/mol. The summed E-state index contributed by atoms with van der Waals surface area (Å²) in [5.74, 6) is -2.97. The molecule has 1 fully saturated rings. The molecule has 1 unspecified atom stereocenters. The minimum atomic E-state index is -4.85. The van der Waals surface area contributed by atoms with Crippen molar-refractivity contribution in [3.63, 3.8) is 0 Å². The molecular weight excluding hydrogens is 450 g/mol. The van der Waals surface area contributed by atoms with Crippen LogP contribution in [-0.4, -0.2) is 17.7 Å². The van der Waals surface area contributed by atoms with E-state index in [1.54, 1.807) is 13.8 Å². The Kier molecular flexibility index (Phi) is 7.00. The van der Waals surface area contributed by atoms with Gasteiger partial charge in [-0.2, -0.15) is 26.3 Å². The van der Waals surface area contributed by atoms with Gasteiger partial charge in [0.1, 0.15) is 5.75 Å². The Hall–Kier alpha value is -2.71. The van der Waals surface area contributed by atoms with Gasteiger partial charge in [-0.3, -0.25) is 4.79 Å². The molecule has 0 saturated heterocycles. The lowest BCUT2D eigenvalue weighted by Gasteiger charge is -2.23. The molecule has 33 heavy (non-hydrogen) atoms. The second-order valence-electron chi connectivity index (χ2n) is 8.79.